The van der Waals surface area contributed by atoms with Crippen molar-refractivity contribution >= 4 is 11.9 Å². The molecule has 4 heteroatoms. The number of allylic oxidation sites excluding steroid dienone is 2. The topological polar surface area (TPSA) is 46.6 Å². The highest BCUT2D eigenvalue weighted by Gasteiger charge is 2.17. The van der Waals surface area contributed by atoms with Crippen LogP contribution in [0.15, 0.2) is 84.6 Å². The monoisotopic (exact) mass is 347 g/mol. The molecule has 1 aliphatic rings. The van der Waals surface area contributed by atoms with Crippen molar-refractivity contribution in [1.29, 1.82) is 0 Å². The van der Waals surface area contributed by atoms with E-state index in [0.717, 1.165) is 16.7 Å². The zero-order valence-corrected chi connectivity index (χ0v) is 14.5. The summed E-state index contributed by atoms with van der Waals surface area (Å²) in [5.74, 6) is -0.293. The van der Waals surface area contributed by atoms with Gasteiger partial charge in [0.15, 0.2) is 0 Å². The molecule has 1 amide bonds. The summed E-state index contributed by atoms with van der Waals surface area (Å²) in [7, 11) is 0. The maximum Gasteiger partial charge on any atom is 0.331 e. The normalized spacial score (nSPS) is 14.4. The van der Waals surface area contributed by atoms with Crippen LogP contribution in [-0.4, -0.2) is 16.8 Å². The number of ether oxygens (including phenoxy) is 1. The molecule has 0 saturated heterocycles. The van der Waals surface area contributed by atoms with Crippen LogP contribution < -0.4 is 0 Å². The molecular weight excluding hydrogens is 326 g/mol. The fourth-order valence-electron chi connectivity index (χ4n) is 2.72. The second-order valence-electron chi connectivity index (χ2n) is 6.14. The zero-order chi connectivity index (χ0) is 18.2. The van der Waals surface area contributed by atoms with Crippen molar-refractivity contribution < 1.29 is 14.3 Å². The van der Waals surface area contributed by atoms with Crippen LogP contribution in [0.2, 0.25) is 0 Å². The quantitative estimate of drug-likeness (QED) is 0.586. The minimum absolute atomic E-state index is 0.0951. The molecule has 0 unspecified atom stereocenters. The summed E-state index contributed by atoms with van der Waals surface area (Å²) >= 11 is 0. The van der Waals surface area contributed by atoms with Crippen LogP contribution in [0.25, 0.3) is 0 Å². The van der Waals surface area contributed by atoms with Gasteiger partial charge in [0.1, 0.15) is 6.61 Å². The van der Waals surface area contributed by atoms with Crippen LogP contribution in [0, 0.1) is 0 Å². The average Bonchev–Trinajstić information content (AvgIpc) is 2.68. The van der Waals surface area contributed by atoms with E-state index in [0.29, 0.717) is 19.4 Å². The van der Waals surface area contributed by atoms with E-state index in [4.69, 9.17) is 4.74 Å². The molecule has 2 aromatic rings. The molecule has 0 saturated carbocycles. The van der Waals surface area contributed by atoms with Gasteiger partial charge in [-0.1, -0.05) is 66.7 Å². The molecule has 0 N–H and O–H groups in total. The van der Waals surface area contributed by atoms with Gasteiger partial charge in [0, 0.05) is 18.7 Å². The van der Waals surface area contributed by atoms with Crippen LogP contribution >= 0.6 is 0 Å². The van der Waals surface area contributed by atoms with Crippen molar-refractivity contribution in [2.24, 2.45) is 0 Å². The molecule has 26 heavy (non-hydrogen) atoms. The first-order chi connectivity index (χ1) is 12.7. The highest BCUT2D eigenvalue weighted by Crippen LogP contribution is 2.19. The molecule has 0 fully saturated rings. The predicted octanol–water partition coefficient (Wildman–Crippen LogP) is 3.99. The Labute approximate surface area is 153 Å². The van der Waals surface area contributed by atoms with Gasteiger partial charge in [-0.2, -0.15) is 0 Å². The Bertz CT molecular complexity index is 810. The predicted molar refractivity (Wildman–Crippen MR) is 99.7 cm³/mol. The lowest BCUT2D eigenvalue weighted by molar-refractivity contribution is -0.139. The highest BCUT2D eigenvalue weighted by molar-refractivity contribution is 5.83. The second kappa shape index (κ2) is 8.81. The third-order valence-corrected chi connectivity index (χ3v) is 4.12. The standard InChI is InChI=1S/C22H21NO3/c24-21-13-11-19(16-23(21)15-18-7-3-1-4-8-18)12-14-22(25)26-17-20-9-5-2-6-10-20/h1-10,12,14,16H,11,13,15,17H2/b14-12+. The number of nitrogens with zero attached hydrogens (tertiary/aromatic N) is 1. The first kappa shape index (κ1) is 17.7. The Balaban J connectivity index is 1.57. The van der Waals surface area contributed by atoms with Gasteiger partial charge in [0.25, 0.3) is 0 Å². The van der Waals surface area contributed by atoms with E-state index in [9.17, 15) is 9.59 Å². The molecule has 0 radical (unpaired) electrons. The number of carbonyl (C=O) groups is 2. The van der Waals surface area contributed by atoms with Crippen molar-refractivity contribution in [3.8, 4) is 0 Å². The Kier molecular flexibility index (Phi) is 5.99. The lowest BCUT2D eigenvalue weighted by atomic mass is 10.1. The van der Waals surface area contributed by atoms with E-state index in [2.05, 4.69) is 0 Å². The summed E-state index contributed by atoms with van der Waals surface area (Å²) in [6.45, 7) is 0.789. The van der Waals surface area contributed by atoms with Crippen LogP contribution in [0.3, 0.4) is 0 Å². The summed E-state index contributed by atoms with van der Waals surface area (Å²) < 4.78 is 5.23. The van der Waals surface area contributed by atoms with Gasteiger partial charge in [-0.15, -0.1) is 0 Å². The lowest BCUT2D eigenvalue weighted by Crippen LogP contribution is -2.28. The molecule has 132 valence electrons. The maximum absolute atomic E-state index is 12.1. The van der Waals surface area contributed by atoms with Crippen molar-refractivity contribution in [3.05, 3.63) is 95.7 Å². The van der Waals surface area contributed by atoms with Crippen LogP contribution in [-0.2, 0) is 27.5 Å². The van der Waals surface area contributed by atoms with Crippen molar-refractivity contribution in [1.82, 2.24) is 4.90 Å². The molecule has 0 aliphatic carbocycles. The number of hydrogen-bond acceptors (Lipinski definition) is 3. The summed E-state index contributed by atoms with van der Waals surface area (Å²) in [5.41, 5.74) is 2.97. The van der Waals surface area contributed by atoms with Gasteiger partial charge >= 0.3 is 5.97 Å². The summed E-state index contributed by atoms with van der Waals surface area (Å²) in [6.07, 6.45) is 6.05. The SMILES string of the molecule is O=C(/C=C/C1=CN(Cc2ccccc2)C(=O)CC1)OCc1ccccc1. The van der Waals surface area contributed by atoms with Crippen molar-refractivity contribution in [2.45, 2.75) is 26.0 Å². The van der Waals surface area contributed by atoms with Crippen molar-refractivity contribution in [3.63, 3.8) is 0 Å². The van der Waals surface area contributed by atoms with Gasteiger partial charge in [0.05, 0.1) is 6.54 Å². The first-order valence-corrected chi connectivity index (χ1v) is 8.63. The van der Waals surface area contributed by atoms with E-state index < -0.39 is 0 Å². The van der Waals surface area contributed by atoms with Crippen LogP contribution in [0.1, 0.15) is 24.0 Å². The maximum atomic E-state index is 12.1. The minimum Gasteiger partial charge on any atom is -0.458 e. The summed E-state index contributed by atoms with van der Waals surface area (Å²) in [5, 5.41) is 0. The molecule has 1 aliphatic heterocycles. The smallest absolute Gasteiger partial charge is 0.331 e. The second-order valence-corrected chi connectivity index (χ2v) is 6.14. The first-order valence-electron chi connectivity index (χ1n) is 8.63. The third kappa shape index (κ3) is 5.18. The summed E-state index contributed by atoms with van der Waals surface area (Å²) in [6, 6.07) is 19.4. The van der Waals surface area contributed by atoms with Gasteiger partial charge in [0.2, 0.25) is 5.91 Å². The van der Waals surface area contributed by atoms with Crippen LogP contribution in [0.4, 0.5) is 0 Å². The van der Waals surface area contributed by atoms with E-state index in [1.165, 1.54) is 6.08 Å². The minimum atomic E-state index is -0.388. The van der Waals surface area contributed by atoms with E-state index in [1.54, 1.807) is 11.0 Å². The van der Waals surface area contributed by atoms with Crippen molar-refractivity contribution in [2.75, 3.05) is 0 Å². The molecule has 3 rings (SSSR count). The number of hydrogen-bond donors (Lipinski definition) is 0. The Morgan fingerprint density at radius 3 is 2.31 bits per heavy atom. The van der Waals surface area contributed by atoms with Gasteiger partial charge in [-0.25, -0.2) is 4.79 Å². The number of carbonyl (C=O) groups excluding carboxylic acids is 2. The zero-order valence-electron chi connectivity index (χ0n) is 14.5. The fraction of sp³-hybridized carbons (Fsp3) is 0.182. The molecule has 0 atom stereocenters. The lowest BCUT2D eigenvalue weighted by Gasteiger charge is -2.24. The molecule has 0 bridgehead atoms. The molecule has 1 heterocycles. The van der Waals surface area contributed by atoms with E-state index in [-0.39, 0.29) is 18.5 Å². The van der Waals surface area contributed by atoms with E-state index in [1.807, 2.05) is 66.9 Å². The molecule has 0 spiro atoms. The van der Waals surface area contributed by atoms with E-state index >= 15 is 0 Å². The molecule has 4 nitrogen and oxygen atoms in total. The van der Waals surface area contributed by atoms with Crippen LogP contribution in [0.5, 0.6) is 0 Å². The average molecular weight is 347 g/mol. The number of amides is 1. The number of rotatable bonds is 6. The fourth-order valence-corrected chi connectivity index (χ4v) is 2.72. The number of benzene rings is 2. The Morgan fingerprint density at radius 1 is 0.962 bits per heavy atom. The highest BCUT2D eigenvalue weighted by atomic mass is 16.5. The number of esters is 1. The molecular formula is C22H21NO3. The molecule has 0 aromatic heterocycles. The largest absolute Gasteiger partial charge is 0.458 e. The van der Waals surface area contributed by atoms with Gasteiger partial charge in [-0.3, -0.25) is 4.79 Å². The third-order valence-electron chi connectivity index (χ3n) is 4.12. The van der Waals surface area contributed by atoms with Gasteiger partial charge in [-0.05, 0) is 23.1 Å². The molecule has 2 aromatic carbocycles. The summed E-state index contributed by atoms with van der Waals surface area (Å²) in [4.78, 5) is 25.7. The Morgan fingerprint density at radius 2 is 1.62 bits per heavy atom. The van der Waals surface area contributed by atoms with Gasteiger partial charge < -0.3 is 9.64 Å². The Hall–Kier alpha value is -3.14.